The van der Waals surface area contributed by atoms with Crippen LogP contribution in [-0.4, -0.2) is 14.8 Å². The molecule has 0 bridgehead atoms. The molecule has 0 fully saturated rings. The number of nitrogens with zero attached hydrogens (tertiary/aromatic N) is 2. The summed E-state index contributed by atoms with van der Waals surface area (Å²) in [7, 11) is -1.52. The normalized spacial score (nSPS) is 16.7. The topological polar surface area (TPSA) is 19.6 Å². The molecule has 0 radical (unpaired) electrons. The highest BCUT2D eigenvalue weighted by molar-refractivity contribution is 6.99. The van der Waals surface area contributed by atoms with Gasteiger partial charge in [-0.25, -0.2) is 0 Å². The molecule has 1 aliphatic carbocycles. The number of anilines is 6. The molecule has 0 saturated heterocycles. The molecule has 0 amide bonds. The van der Waals surface area contributed by atoms with Gasteiger partial charge in [0.2, 0.25) is 0 Å². The highest BCUT2D eigenvalue weighted by Crippen LogP contribution is 2.56. The van der Waals surface area contributed by atoms with Crippen LogP contribution in [0.15, 0.2) is 101 Å². The third-order valence-corrected chi connectivity index (χ3v) is 17.5. The zero-order valence-electron chi connectivity index (χ0n) is 44.0. The van der Waals surface area contributed by atoms with E-state index in [1.54, 1.807) is 0 Å². The van der Waals surface area contributed by atoms with Crippen LogP contribution in [0.2, 0.25) is 19.6 Å². The molecule has 344 valence electrons. The van der Waals surface area contributed by atoms with E-state index in [-0.39, 0.29) is 39.2 Å². The number of benzene rings is 5. The van der Waals surface area contributed by atoms with Gasteiger partial charge in [0.1, 0.15) is 5.76 Å². The largest absolute Gasteiger partial charge is 0.472 e. The Morgan fingerprint density at radius 2 is 1.02 bits per heavy atom. The third kappa shape index (κ3) is 7.64. The van der Waals surface area contributed by atoms with Crippen molar-refractivity contribution in [2.75, 3.05) is 9.80 Å². The van der Waals surface area contributed by atoms with Crippen molar-refractivity contribution in [1.29, 1.82) is 0 Å². The van der Waals surface area contributed by atoms with Crippen LogP contribution in [0, 0.1) is 0 Å². The van der Waals surface area contributed by atoms with Crippen molar-refractivity contribution < 1.29 is 4.42 Å². The first-order chi connectivity index (χ1) is 30.4. The molecule has 5 heteroatoms. The van der Waals surface area contributed by atoms with E-state index in [2.05, 4.69) is 237 Å². The van der Waals surface area contributed by atoms with Crippen LogP contribution in [0.3, 0.4) is 0 Å². The summed E-state index contributed by atoms with van der Waals surface area (Å²) in [6, 6.07) is 38.8. The van der Waals surface area contributed by atoms with Gasteiger partial charge >= 0.3 is 0 Å². The van der Waals surface area contributed by atoms with E-state index in [0.29, 0.717) is 0 Å². The lowest BCUT2D eigenvalue weighted by Gasteiger charge is -2.45. The number of hydrogen-bond donors (Lipinski definition) is 0. The second-order valence-electron chi connectivity index (χ2n) is 26.7. The highest BCUT2D eigenvalue weighted by Gasteiger charge is 2.53. The fourth-order valence-corrected chi connectivity index (χ4v) is 12.1. The third-order valence-electron chi connectivity index (χ3n) is 15.4. The quantitative estimate of drug-likeness (QED) is 0.164. The second kappa shape index (κ2) is 14.9. The average Bonchev–Trinajstić information content (AvgIpc) is 3.63. The van der Waals surface area contributed by atoms with Crippen molar-refractivity contribution in [2.45, 2.75) is 176 Å². The lowest BCUT2D eigenvalue weighted by Crippen LogP contribution is -2.61. The van der Waals surface area contributed by atoms with Gasteiger partial charge in [-0.3, -0.25) is 0 Å². The van der Waals surface area contributed by atoms with Crippen LogP contribution in [0.1, 0.15) is 157 Å². The van der Waals surface area contributed by atoms with Gasteiger partial charge in [-0.15, -0.1) is 0 Å². The van der Waals surface area contributed by atoms with Crippen LogP contribution in [0.5, 0.6) is 0 Å². The average molecular weight is 893 g/mol. The first-order valence-electron chi connectivity index (χ1n) is 24.8. The summed E-state index contributed by atoms with van der Waals surface area (Å²) in [5.74, 6) is 1.16. The predicted octanol–water partition coefficient (Wildman–Crippen LogP) is 15.1. The summed E-state index contributed by atoms with van der Waals surface area (Å²) in [6.07, 6.45) is 2.19. The predicted molar refractivity (Wildman–Crippen MR) is 291 cm³/mol. The zero-order chi connectivity index (χ0) is 48.1. The van der Waals surface area contributed by atoms with Crippen molar-refractivity contribution in [2.24, 2.45) is 0 Å². The van der Waals surface area contributed by atoms with E-state index in [0.717, 1.165) is 24.3 Å². The SMILES string of the molecule is CC(C)(C)c1ccc(N2c3cc(C(C)(C)C)cc4c3B(c3cc(C(C)(C)C)ccc3N4c3ccc(C(C)(C)C)cc3-c3ccc([Si](C)(C)C)cc3)c3oc4c(c32)C(C)(C)CCC4(C)C)cc1. The molecule has 0 saturated carbocycles. The molecule has 2 aliphatic heterocycles. The van der Waals surface area contributed by atoms with Gasteiger partial charge in [-0.05, 0) is 121 Å². The second-order valence-corrected chi connectivity index (χ2v) is 31.8. The molecular weight excluding hydrogens is 816 g/mol. The fourth-order valence-electron chi connectivity index (χ4n) is 10.9. The Morgan fingerprint density at radius 1 is 0.515 bits per heavy atom. The van der Waals surface area contributed by atoms with Gasteiger partial charge in [0, 0.05) is 39.3 Å². The molecule has 9 rings (SSSR count). The maximum Gasteiger partial charge on any atom is 0.297 e. The van der Waals surface area contributed by atoms with E-state index < -0.39 is 8.07 Å². The Bertz CT molecular complexity index is 2880. The van der Waals surface area contributed by atoms with E-state index in [9.17, 15) is 0 Å². The van der Waals surface area contributed by atoms with Crippen molar-refractivity contribution in [3.05, 3.63) is 131 Å². The molecule has 3 nitrogen and oxygen atoms in total. The van der Waals surface area contributed by atoms with Gasteiger partial charge in [0.05, 0.1) is 25.1 Å². The van der Waals surface area contributed by atoms with Crippen LogP contribution in [0.25, 0.3) is 11.1 Å². The Morgan fingerprint density at radius 3 is 1.56 bits per heavy atom. The number of fused-ring (bicyclic) bond motifs is 6. The molecule has 66 heavy (non-hydrogen) atoms. The van der Waals surface area contributed by atoms with Gasteiger partial charge in [0.15, 0.2) is 0 Å². The first-order valence-corrected chi connectivity index (χ1v) is 28.3. The van der Waals surface area contributed by atoms with Crippen molar-refractivity contribution >= 4 is 70.7 Å². The van der Waals surface area contributed by atoms with Crippen molar-refractivity contribution in [3.63, 3.8) is 0 Å². The van der Waals surface area contributed by atoms with E-state index in [1.807, 2.05) is 0 Å². The molecule has 5 aromatic carbocycles. The molecule has 0 spiro atoms. The van der Waals surface area contributed by atoms with Gasteiger partial charge in [0.25, 0.3) is 6.71 Å². The van der Waals surface area contributed by atoms with E-state index >= 15 is 0 Å². The number of hydrogen-bond acceptors (Lipinski definition) is 3. The molecule has 0 N–H and O–H groups in total. The summed E-state index contributed by atoms with van der Waals surface area (Å²) in [6.45, 7) is 45.1. The van der Waals surface area contributed by atoms with E-state index in [4.69, 9.17) is 4.42 Å². The van der Waals surface area contributed by atoms with Crippen molar-refractivity contribution in [3.8, 4) is 11.1 Å². The summed E-state index contributed by atoms with van der Waals surface area (Å²) in [5.41, 5.74) is 19.9. The molecule has 0 atom stereocenters. The van der Waals surface area contributed by atoms with Gasteiger partial charge < -0.3 is 14.2 Å². The Kier molecular flexibility index (Phi) is 10.5. The number of rotatable bonds is 4. The monoisotopic (exact) mass is 893 g/mol. The molecule has 1 aromatic heterocycles. The summed E-state index contributed by atoms with van der Waals surface area (Å²) < 4.78 is 7.71. The lowest BCUT2D eigenvalue weighted by atomic mass is 9.35. The fraction of sp³-hybridized carbons (Fsp3) is 0.443. The zero-order valence-corrected chi connectivity index (χ0v) is 45.0. The Balaban J connectivity index is 1.44. The highest BCUT2D eigenvalue weighted by atomic mass is 28.3. The maximum atomic E-state index is 7.71. The minimum atomic E-state index is -1.52. The molecule has 3 aliphatic rings. The number of furan rings is 1. The van der Waals surface area contributed by atoms with Gasteiger partial charge in [-0.1, -0.05) is 190 Å². The lowest BCUT2D eigenvalue weighted by molar-refractivity contribution is 0.282. The van der Waals surface area contributed by atoms with Gasteiger partial charge in [-0.2, -0.15) is 0 Å². The van der Waals surface area contributed by atoms with Crippen LogP contribution >= 0.6 is 0 Å². The first kappa shape index (κ1) is 46.4. The van der Waals surface area contributed by atoms with Crippen LogP contribution in [0.4, 0.5) is 34.1 Å². The standard InChI is InChI=1S/C61H77BN2OSi/c1-56(2,3)39-22-26-43(27-23-39)63-49-36-42(59(10,11)12)37-50-52(49)62(55-53(63)51-54(65-55)61(15,16)33-32-60(51,13)14)46-35-41(58(7,8)9)25-31-48(46)64(50)47-30-24-40(57(4,5)6)34-45(47)38-20-28-44(29-21-38)66(17,18)19/h20-31,34-37H,32-33H2,1-19H3. The molecular formula is C61H77BN2OSi. The van der Waals surface area contributed by atoms with Crippen LogP contribution < -0.4 is 31.6 Å². The smallest absolute Gasteiger partial charge is 0.297 e. The summed E-state index contributed by atoms with van der Waals surface area (Å²) >= 11 is 0. The minimum Gasteiger partial charge on any atom is -0.472 e. The summed E-state index contributed by atoms with van der Waals surface area (Å²) in [4.78, 5) is 5.27. The Hall–Kier alpha value is -4.74. The molecule has 3 heterocycles. The van der Waals surface area contributed by atoms with E-state index in [1.165, 1.54) is 89.2 Å². The minimum absolute atomic E-state index is 0.0250. The van der Waals surface area contributed by atoms with Crippen LogP contribution in [-0.2, 0) is 32.5 Å². The molecule has 6 aromatic rings. The maximum absolute atomic E-state index is 7.71. The summed E-state index contributed by atoms with van der Waals surface area (Å²) in [5, 5.41) is 1.48. The van der Waals surface area contributed by atoms with Crippen molar-refractivity contribution in [1.82, 2.24) is 0 Å². The Labute approximate surface area is 400 Å². The molecule has 0 unspecified atom stereocenters.